The fraction of sp³-hybridized carbons (Fsp3) is 0.0714. The van der Waals surface area contributed by atoms with E-state index in [9.17, 15) is 19.1 Å². The van der Waals surface area contributed by atoms with Crippen LogP contribution in [0.15, 0.2) is 57.9 Å². The third-order valence-corrected chi connectivity index (χ3v) is 4.53. The summed E-state index contributed by atoms with van der Waals surface area (Å²) in [5.41, 5.74) is 0.397. The second-order valence-corrected chi connectivity index (χ2v) is 6.54. The van der Waals surface area contributed by atoms with E-state index in [1.54, 1.807) is 24.3 Å². The van der Waals surface area contributed by atoms with Gasteiger partial charge in [-0.05, 0) is 24.3 Å². The summed E-state index contributed by atoms with van der Waals surface area (Å²) in [5, 5.41) is 10.5. The predicted molar refractivity (Wildman–Crippen MR) is 82.8 cm³/mol. The molecule has 108 valence electrons. The molecule has 0 radical (unpaired) electrons. The lowest BCUT2D eigenvalue weighted by Gasteiger charge is -2.03. The molecule has 0 fully saturated rings. The average Bonchev–Trinajstić information content (AvgIpc) is 2.47. The zero-order chi connectivity index (χ0) is 15.4. The Morgan fingerprint density at radius 3 is 2.43 bits per heavy atom. The maximum Gasteiger partial charge on any atom is 0.269 e. The zero-order valence-corrected chi connectivity index (χ0v) is 13.1. The van der Waals surface area contributed by atoms with Crippen LogP contribution < -0.4 is 0 Å². The van der Waals surface area contributed by atoms with Crippen molar-refractivity contribution in [2.45, 2.75) is 4.90 Å². The minimum Gasteiger partial charge on any atom is -0.293 e. The number of halogens is 1. The highest BCUT2D eigenvalue weighted by Gasteiger charge is 2.14. The molecule has 7 heteroatoms. The van der Waals surface area contributed by atoms with Crippen molar-refractivity contribution < 1.29 is 13.9 Å². The molecule has 0 aliphatic rings. The topological polar surface area (TPSA) is 77.3 Å². The number of hydrogen-bond donors (Lipinski definition) is 0. The van der Waals surface area contributed by atoms with Gasteiger partial charge in [0, 0.05) is 27.1 Å². The fourth-order valence-electron chi connectivity index (χ4n) is 1.67. The number of non-ortho nitro benzene ring substituents is 1. The van der Waals surface area contributed by atoms with Gasteiger partial charge in [0.15, 0.2) is 5.78 Å². The molecule has 2 aromatic rings. The van der Waals surface area contributed by atoms with E-state index >= 15 is 0 Å². The number of nitrogens with zero attached hydrogens (tertiary/aromatic N) is 1. The van der Waals surface area contributed by atoms with E-state index in [0.717, 1.165) is 4.47 Å². The van der Waals surface area contributed by atoms with Gasteiger partial charge in [0.05, 0.1) is 21.5 Å². The van der Waals surface area contributed by atoms with Crippen molar-refractivity contribution in [3.8, 4) is 0 Å². The zero-order valence-electron chi connectivity index (χ0n) is 10.7. The predicted octanol–water partition coefficient (Wildman–Crippen LogP) is 3.35. The third-order valence-electron chi connectivity index (χ3n) is 2.72. The van der Waals surface area contributed by atoms with E-state index in [1.165, 1.54) is 24.3 Å². The van der Waals surface area contributed by atoms with Crippen LogP contribution in [0.1, 0.15) is 10.4 Å². The van der Waals surface area contributed by atoms with Crippen molar-refractivity contribution in [1.29, 1.82) is 0 Å². The van der Waals surface area contributed by atoms with Crippen LogP contribution in [0.3, 0.4) is 0 Å². The Morgan fingerprint density at radius 2 is 1.86 bits per heavy atom. The van der Waals surface area contributed by atoms with Crippen LogP contribution in [-0.4, -0.2) is 20.7 Å². The first kappa shape index (κ1) is 15.5. The Kier molecular flexibility index (Phi) is 4.98. The number of Topliss-reactive ketones (excluding diaryl/α,β-unsaturated/α-hetero) is 1. The first-order valence-corrected chi connectivity index (χ1v) is 8.00. The van der Waals surface area contributed by atoms with Crippen LogP contribution >= 0.6 is 15.9 Å². The first-order valence-electron chi connectivity index (χ1n) is 5.89. The fourth-order valence-corrected chi connectivity index (χ4v) is 3.08. The molecule has 0 spiro atoms. The Hall–Kier alpha value is -1.86. The first-order chi connectivity index (χ1) is 9.97. The van der Waals surface area contributed by atoms with Crippen LogP contribution in [0.5, 0.6) is 0 Å². The number of hydrogen-bond acceptors (Lipinski definition) is 4. The van der Waals surface area contributed by atoms with Crippen LogP contribution in [0.4, 0.5) is 5.69 Å². The number of benzene rings is 2. The normalized spacial score (nSPS) is 11.9. The number of ketones is 1. The monoisotopic (exact) mass is 367 g/mol. The summed E-state index contributed by atoms with van der Waals surface area (Å²) in [5.74, 6) is -0.401. The molecular formula is C14H10BrNO4S. The van der Waals surface area contributed by atoms with Gasteiger partial charge in [0.1, 0.15) is 0 Å². The molecule has 1 unspecified atom stereocenters. The maximum atomic E-state index is 12.1. The molecular weight excluding hydrogens is 358 g/mol. The number of nitro benzene ring substituents is 1. The van der Waals surface area contributed by atoms with Gasteiger partial charge in [-0.15, -0.1) is 0 Å². The molecule has 0 aliphatic carbocycles. The van der Waals surface area contributed by atoms with Crippen LogP contribution in [-0.2, 0) is 10.8 Å². The van der Waals surface area contributed by atoms with Gasteiger partial charge < -0.3 is 0 Å². The number of nitro groups is 1. The SMILES string of the molecule is O=C(CS(=O)c1ccc([N+](=O)[O-])cc1)c1cccc(Br)c1. The van der Waals surface area contributed by atoms with Crippen molar-refractivity contribution in [2.24, 2.45) is 0 Å². The standard InChI is InChI=1S/C14H10BrNO4S/c15-11-3-1-2-10(8-11)14(17)9-21(20)13-6-4-12(5-7-13)16(18)19/h1-8H,9H2. The Labute approximate surface area is 131 Å². The summed E-state index contributed by atoms with van der Waals surface area (Å²) in [6, 6.07) is 12.2. The molecule has 5 nitrogen and oxygen atoms in total. The highest BCUT2D eigenvalue weighted by atomic mass is 79.9. The van der Waals surface area contributed by atoms with E-state index < -0.39 is 15.7 Å². The minimum atomic E-state index is -1.53. The van der Waals surface area contributed by atoms with E-state index in [4.69, 9.17) is 0 Å². The largest absolute Gasteiger partial charge is 0.293 e. The molecule has 0 saturated heterocycles. The summed E-state index contributed by atoms with van der Waals surface area (Å²) < 4.78 is 12.9. The van der Waals surface area contributed by atoms with Crippen molar-refractivity contribution in [2.75, 3.05) is 5.75 Å². The second-order valence-electron chi connectivity index (χ2n) is 4.17. The molecule has 0 heterocycles. The second kappa shape index (κ2) is 6.73. The van der Waals surface area contributed by atoms with Crippen molar-refractivity contribution in [1.82, 2.24) is 0 Å². The highest BCUT2D eigenvalue weighted by molar-refractivity contribution is 9.10. The molecule has 0 bridgehead atoms. The van der Waals surface area contributed by atoms with Gasteiger partial charge in [-0.25, -0.2) is 0 Å². The quantitative estimate of drug-likeness (QED) is 0.461. The average molecular weight is 368 g/mol. The molecule has 0 N–H and O–H groups in total. The highest BCUT2D eigenvalue weighted by Crippen LogP contribution is 2.17. The van der Waals surface area contributed by atoms with E-state index in [0.29, 0.717) is 10.5 Å². The molecule has 2 aromatic carbocycles. The van der Waals surface area contributed by atoms with E-state index in [-0.39, 0.29) is 17.2 Å². The van der Waals surface area contributed by atoms with E-state index in [1.807, 2.05) is 0 Å². The minimum absolute atomic E-state index is 0.0749. The molecule has 2 rings (SSSR count). The van der Waals surface area contributed by atoms with Crippen LogP contribution in [0.25, 0.3) is 0 Å². The Morgan fingerprint density at radius 1 is 1.19 bits per heavy atom. The lowest BCUT2D eigenvalue weighted by molar-refractivity contribution is -0.384. The van der Waals surface area contributed by atoms with Crippen LogP contribution in [0.2, 0.25) is 0 Å². The van der Waals surface area contributed by atoms with Gasteiger partial charge >= 0.3 is 0 Å². The molecule has 0 amide bonds. The number of carbonyl (C=O) groups excluding carboxylic acids is 1. The van der Waals surface area contributed by atoms with Crippen molar-refractivity contribution in [3.05, 3.63) is 68.7 Å². The Bertz CT molecular complexity index is 715. The van der Waals surface area contributed by atoms with Crippen molar-refractivity contribution in [3.63, 3.8) is 0 Å². The van der Waals surface area contributed by atoms with Gasteiger partial charge in [0.25, 0.3) is 5.69 Å². The molecule has 0 aromatic heterocycles. The van der Waals surface area contributed by atoms with Crippen molar-refractivity contribution >= 4 is 38.2 Å². The summed E-state index contributed by atoms with van der Waals surface area (Å²) in [7, 11) is -1.53. The Balaban J connectivity index is 2.10. The molecule has 1 atom stereocenters. The van der Waals surface area contributed by atoms with Gasteiger partial charge in [0.2, 0.25) is 0 Å². The van der Waals surface area contributed by atoms with Gasteiger partial charge in [-0.2, -0.15) is 0 Å². The molecule has 21 heavy (non-hydrogen) atoms. The van der Waals surface area contributed by atoms with Gasteiger partial charge in [-0.3, -0.25) is 19.1 Å². The van der Waals surface area contributed by atoms with Crippen LogP contribution in [0, 0.1) is 10.1 Å². The van der Waals surface area contributed by atoms with E-state index in [2.05, 4.69) is 15.9 Å². The molecule has 0 saturated carbocycles. The number of rotatable bonds is 5. The number of carbonyl (C=O) groups is 1. The third kappa shape index (κ3) is 4.05. The summed E-state index contributed by atoms with van der Waals surface area (Å²) in [6.07, 6.45) is 0. The lowest BCUT2D eigenvalue weighted by atomic mass is 10.2. The smallest absolute Gasteiger partial charge is 0.269 e. The maximum absolute atomic E-state index is 12.1. The summed E-state index contributed by atoms with van der Waals surface area (Å²) >= 11 is 3.27. The summed E-state index contributed by atoms with van der Waals surface area (Å²) in [6.45, 7) is 0. The summed E-state index contributed by atoms with van der Waals surface area (Å²) in [4.78, 5) is 22.4. The molecule has 0 aliphatic heterocycles. The lowest BCUT2D eigenvalue weighted by Crippen LogP contribution is -2.11. The van der Waals surface area contributed by atoms with Gasteiger partial charge in [-0.1, -0.05) is 28.1 Å².